The largest absolute Gasteiger partial charge is 0.399 e. The van der Waals surface area contributed by atoms with Crippen LogP contribution in [0, 0.1) is 12.7 Å². The van der Waals surface area contributed by atoms with Crippen LogP contribution < -0.4 is 5.73 Å². The third-order valence-electron chi connectivity index (χ3n) is 3.29. The summed E-state index contributed by atoms with van der Waals surface area (Å²) in [6.45, 7) is 3.76. The molecule has 1 aromatic carbocycles. The number of benzene rings is 1. The zero-order chi connectivity index (χ0) is 15.8. The maximum Gasteiger partial charge on any atom is 0.243 e. The van der Waals surface area contributed by atoms with Crippen molar-refractivity contribution in [2.45, 2.75) is 24.8 Å². The first-order valence-electron chi connectivity index (χ1n) is 6.32. The molecule has 21 heavy (non-hydrogen) atoms. The van der Waals surface area contributed by atoms with Gasteiger partial charge in [0.15, 0.2) is 0 Å². The highest BCUT2D eigenvalue weighted by molar-refractivity contribution is 7.89. The van der Waals surface area contributed by atoms with Crippen molar-refractivity contribution in [3.8, 4) is 0 Å². The molecule has 4 nitrogen and oxygen atoms in total. The van der Waals surface area contributed by atoms with E-state index in [1.165, 1.54) is 28.8 Å². The van der Waals surface area contributed by atoms with Crippen molar-refractivity contribution in [2.24, 2.45) is 0 Å². The third kappa shape index (κ3) is 3.25. The Hall–Kier alpha value is -1.44. The van der Waals surface area contributed by atoms with Crippen LogP contribution in [0.2, 0.25) is 0 Å². The molecule has 0 saturated carbocycles. The standard InChI is InChI=1S/C14H17FN2O2S2/c1-9-4-5-14(20-9)10(2)17(3)21(18,19)13-7-11(15)6-12(16)8-13/h4-8,10H,16H2,1-3H3. The molecule has 0 amide bonds. The van der Waals surface area contributed by atoms with Gasteiger partial charge >= 0.3 is 0 Å². The topological polar surface area (TPSA) is 63.4 Å². The number of thiophene rings is 1. The molecule has 7 heteroatoms. The van der Waals surface area contributed by atoms with Crippen molar-refractivity contribution in [2.75, 3.05) is 12.8 Å². The zero-order valence-corrected chi connectivity index (χ0v) is 13.6. The minimum atomic E-state index is -3.80. The van der Waals surface area contributed by atoms with Crippen LogP contribution in [0.25, 0.3) is 0 Å². The highest BCUT2D eigenvalue weighted by Crippen LogP contribution is 2.30. The lowest BCUT2D eigenvalue weighted by atomic mass is 10.3. The number of hydrogen-bond donors (Lipinski definition) is 1. The third-order valence-corrected chi connectivity index (χ3v) is 6.37. The van der Waals surface area contributed by atoms with Crippen LogP contribution in [0.3, 0.4) is 0 Å². The van der Waals surface area contributed by atoms with Crippen LogP contribution in [0.4, 0.5) is 10.1 Å². The van der Waals surface area contributed by atoms with E-state index in [-0.39, 0.29) is 16.6 Å². The molecule has 0 fully saturated rings. The van der Waals surface area contributed by atoms with Crippen molar-refractivity contribution in [3.63, 3.8) is 0 Å². The van der Waals surface area contributed by atoms with E-state index >= 15 is 0 Å². The Balaban J connectivity index is 2.38. The normalized spacial score (nSPS) is 13.6. The number of aryl methyl sites for hydroxylation is 1. The second-order valence-corrected chi connectivity index (χ2v) is 8.18. The van der Waals surface area contributed by atoms with Gasteiger partial charge in [0.05, 0.1) is 10.9 Å². The van der Waals surface area contributed by atoms with Crippen LogP contribution in [-0.4, -0.2) is 19.8 Å². The lowest BCUT2D eigenvalue weighted by Crippen LogP contribution is -2.29. The molecule has 0 aliphatic heterocycles. The number of nitrogens with zero attached hydrogens (tertiary/aromatic N) is 1. The predicted octanol–water partition coefficient (Wildman–Crippen LogP) is 3.16. The molecule has 0 aliphatic rings. The number of hydrogen-bond acceptors (Lipinski definition) is 4. The summed E-state index contributed by atoms with van der Waals surface area (Å²) >= 11 is 1.54. The first-order chi connectivity index (χ1) is 9.71. The number of anilines is 1. The Kier molecular flexibility index (Phi) is 4.36. The molecule has 0 saturated heterocycles. The molecule has 0 bridgehead atoms. The maximum atomic E-state index is 13.4. The fraction of sp³-hybridized carbons (Fsp3) is 0.286. The second kappa shape index (κ2) is 5.75. The van der Waals surface area contributed by atoms with E-state index in [1.54, 1.807) is 6.92 Å². The minimum Gasteiger partial charge on any atom is -0.399 e. The highest BCUT2D eigenvalue weighted by atomic mass is 32.2. The van der Waals surface area contributed by atoms with Gasteiger partial charge in [-0.05, 0) is 44.2 Å². The quantitative estimate of drug-likeness (QED) is 0.877. The molecule has 2 aromatic rings. The second-order valence-electron chi connectivity index (χ2n) is 4.87. The Morgan fingerprint density at radius 2 is 1.95 bits per heavy atom. The molecule has 0 radical (unpaired) electrons. The van der Waals surface area contributed by atoms with Crippen molar-refractivity contribution < 1.29 is 12.8 Å². The van der Waals surface area contributed by atoms with Gasteiger partial charge in [0.25, 0.3) is 0 Å². The molecular formula is C14H17FN2O2S2. The molecular weight excluding hydrogens is 311 g/mol. The van der Waals surface area contributed by atoms with Crippen molar-refractivity contribution in [3.05, 3.63) is 45.9 Å². The molecule has 2 rings (SSSR count). The number of nitrogens with two attached hydrogens (primary N) is 1. The summed E-state index contributed by atoms with van der Waals surface area (Å²) in [5, 5.41) is 0. The van der Waals surface area contributed by atoms with E-state index in [4.69, 9.17) is 5.73 Å². The number of halogens is 1. The van der Waals surface area contributed by atoms with E-state index in [0.717, 1.165) is 21.9 Å². The molecule has 0 spiro atoms. The lowest BCUT2D eigenvalue weighted by molar-refractivity contribution is 0.402. The van der Waals surface area contributed by atoms with Crippen LogP contribution in [-0.2, 0) is 10.0 Å². The summed E-state index contributed by atoms with van der Waals surface area (Å²) in [6, 6.07) is 6.84. The summed E-state index contributed by atoms with van der Waals surface area (Å²) in [7, 11) is -2.32. The van der Waals surface area contributed by atoms with E-state index in [0.29, 0.717) is 0 Å². The molecule has 2 N–H and O–H groups in total. The molecule has 114 valence electrons. The Bertz CT molecular complexity index is 736. The number of rotatable bonds is 4. The van der Waals surface area contributed by atoms with E-state index in [1.807, 2.05) is 19.1 Å². The van der Waals surface area contributed by atoms with Crippen LogP contribution >= 0.6 is 11.3 Å². The number of nitrogen functional groups attached to an aromatic ring is 1. The zero-order valence-electron chi connectivity index (χ0n) is 12.0. The monoisotopic (exact) mass is 328 g/mol. The van der Waals surface area contributed by atoms with Crippen molar-refractivity contribution in [1.29, 1.82) is 0 Å². The van der Waals surface area contributed by atoms with Gasteiger partial charge in [-0.1, -0.05) is 0 Å². The lowest BCUT2D eigenvalue weighted by Gasteiger charge is -2.23. The van der Waals surface area contributed by atoms with E-state index < -0.39 is 15.8 Å². The first-order valence-corrected chi connectivity index (χ1v) is 8.58. The molecule has 1 unspecified atom stereocenters. The van der Waals surface area contributed by atoms with E-state index in [2.05, 4.69) is 0 Å². The van der Waals surface area contributed by atoms with Gasteiger partial charge in [-0.3, -0.25) is 0 Å². The molecule has 1 heterocycles. The fourth-order valence-corrected chi connectivity index (χ4v) is 4.41. The van der Waals surface area contributed by atoms with Gasteiger partial charge in [0.2, 0.25) is 10.0 Å². The van der Waals surface area contributed by atoms with Gasteiger partial charge in [0.1, 0.15) is 5.82 Å². The highest BCUT2D eigenvalue weighted by Gasteiger charge is 2.27. The van der Waals surface area contributed by atoms with Crippen molar-refractivity contribution >= 4 is 27.0 Å². The summed E-state index contributed by atoms with van der Waals surface area (Å²) in [6.07, 6.45) is 0. The minimum absolute atomic E-state index is 0.0848. The predicted molar refractivity (Wildman–Crippen MR) is 83.2 cm³/mol. The van der Waals surface area contributed by atoms with E-state index in [9.17, 15) is 12.8 Å². The van der Waals surface area contributed by atoms with Crippen molar-refractivity contribution in [1.82, 2.24) is 4.31 Å². The summed E-state index contributed by atoms with van der Waals surface area (Å²) in [4.78, 5) is 1.91. The molecule has 1 aromatic heterocycles. The van der Waals surface area contributed by atoms with Gasteiger partial charge in [0, 0.05) is 22.5 Å². The molecule has 0 aliphatic carbocycles. The first kappa shape index (κ1) is 15.9. The van der Waals surface area contributed by atoms with Gasteiger partial charge < -0.3 is 5.73 Å². The Labute approximate surface area is 128 Å². The maximum absolute atomic E-state index is 13.4. The average molecular weight is 328 g/mol. The summed E-state index contributed by atoms with van der Waals surface area (Å²) in [5.74, 6) is -0.665. The van der Waals surface area contributed by atoms with Crippen LogP contribution in [0.5, 0.6) is 0 Å². The molecule has 1 atom stereocenters. The average Bonchev–Trinajstić information content (AvgIpc) is 2.82. The smallest absolute Gasteiger partial charge is 0.243 e. The number of sulfonamides is 1. The SMILES string of the molecule is Cc1ccc(C(C)N(C)S(=O)(=O)c2cc(N)cc(F)c2)s1. The summed E-state index contributed by atoms with van der Waals surface area (Å²) < 4.78 is 39.7. The van der Waals surface area contributed by atoms with Crippen LogP contribution in [0.1, 0.15) is 22.7 Å². The van der Waals surface area contributed by atoms with Crippen LogP contribution in [0.15, 0.2) is 35.2 Å². The fourth-order valence-electron chi connectivity index (χ4n) is 1.96. The summed E-state index contributed by atoms with van der Waals surface area (Å²) in [5.41, 5.74) is 5.61. The van der Waals surface area contributed by atoms with Gasteiger partial charge in [-0.2, -0.15) is 4.31 Å². The Morgan fingerprint density at radius 1 is 1.29 bits per heavy atom. The van der Waals surface area contributed by atoms with Gasteiger partial charge in [-0.25, -0.2) is 12.8 Å². The van der Waals surface area contributed by atoms with Gasteiger partial charge in [-0.15, -0.1) is 11.3 Å². The Morgan fingerprint density at radius 3 is 2.48 bits per heavy atom.